The number of rotatable bonds is 8. The molecular formula is C20H36O4Zr. The van der Waals surface area contributed by atoms with Gasteiger partial charge in [0.1, 0.15) is 0 Å². The molecule has 0 aliphatic heterocycles. The molecule has 0 unspecified atom stereocenters. The van der Waals surface area contributed by atoms with E-state index in [4.69, 9.17) is 11.3 Å². The fourth-order valence-electron chi connectivity index (χ4n) is 5.01. The minimum absolute atomic E-state index is 0.319. The third-order valence-corrected chi connectivity index (χ3v) is 12.6. The first-order valence-electron chi connectivity index (χ1n) is 11.0. The molecule has 4 saturated carbocycles. The van der Waals surface area contributed by atoms with Crippen LogP contribution in [0.15, 0.2) is 0 Å². The molecule has 0 aromatic carbocycles. The summed E-state index contributed by atoms with van der Waals surface area (Å²) in [5.41, 5.74) is 0. The number of hydrogen-bond acceptors (Lipinski definition) is 4. The van der Waals surface area contributed by atoms with Crippen molar-refractivity contribution < 1.29 is 33.3 Å². The minimum atomic E-state index is -3.98. The van der Waals surface area contributed by atoms with Gasteiger partial charge >= 0.3 is 160 Å². The quantitative estimate of drug-likeness (QED) is 0.498. The summed E-state index contributed by atoms with van der Waals surface area (Å²) in [5.74, 6) is 0. The van der Waals surface area contributed by atoms with Crippen molar-refractivity contribution in [2.24, 2.45) is 0 Å². The van der Waals surface area contributed by atoms with Crippen LogP contribution in [0, 0.1) is 0 Å². The molecule has 0 saturated heterocycles. The van der Waals surface area contributed by atoms with Gasteiger partial charge in [0, 0.05) is 0 Å². The number of hydrogen-bond donors (Lipinski definition) is 0. The van der Waals surface area contributed by atoms with Crippen molar-refractivity contribution in [3.05, 3.63) is 0 Å². The molecule has 4 fully saturated rings. The van der Waals surface area contributed by atoms with Crippen LogP contribution in [0.4, 0.5) is 0 Å². The van der Waals surface area contributed by atoms with Crippen molar-refractivity contribution >= 4 is 0 Å². The van der Waals surface area contributed by atoms with Gasteiger partial charge in [-0.3, -0.25) is 0 Å². The van der Waals surface area contributed by atoms with Crippen molar-refractivity contribution in [2.45, 2.75) is 127 Å². The Hall–Kier alpha value is 0.723. The van der Waals surface area contributed by atoms with Gasteiger partial charge in [-0.2, -0.15) is 0 Å². The average molecular weight is 432 g/mol. The van der Waals surface area contributed by atoms with Gasteiger partial charge in [-0.25, -0.2) is 0 Å². The van der Waals surface area contributed by atoms with E-state index >= 15 is 0 Å². The van der Waals surface area contributed by atoms with E-state index in [1.54, 1.807) is 0 Å². The van der Waals surface area contributed by atoms with E-state index in [9.17, 15) is 0 Å². The molecule has 0 radical (unpaired) electrons. The SMILES string of the molecule is C1CCC([O][Zr]([O]C2CCCC2)([O]C2CCCC2)[O]C2CCCC2)C1. The fourth-order valence-corrected chi connectivity index (χ4v) is 12.2. The van der Waals surface area contributed by atoms with Gasteiger partial charge in [-0.15, -0.1) is 0 Å². The van der Waals surface area contributed by atoms with Crippen LogP contribution < -0.4 is 0 Å². The van der Waals surface area contributed by atoms with Gasteiger partial charge in [-0.05, 0) is 0 Å². The van der Waals surface area contributed by atoms with Crippen LogP contribution in [0.5, 0.6) is 0 Å². The molecule has 0 bridgehead atoms. The summed E-state index contributed by atoms with van der Waals surface area (Å²) in [7, 11) is 0. The van der Waals surface area contributed by atoms with E-state index in [0.717, 1.165) is 51.4 Å². The molecule has 0 amide bonds. The Kier molecular flexibility index (Phi) is 7.07. The van der Waals surface area contributed by atoms with Crippen molar-refractivity contribution in [2.75, 3.05) is 0 Å². The summed E-state index contributed by atoms with van der Waals surface area (Å²) in [6.45, 7) is 0. The van der Waals surface area contributed by atoms with Gasteiger partial charge in [0.2, 0.25) is 0 Å². The Labute approximate surface area is 160 Å². The zero-order valence-corrected chi connectivity index (χ0v) is 18.2. The molecule has 4 nitrogen and oxygen atoms in total. The van der Waals surface area contributed by atoms with E-state index in [1.807, 2.05) is 0 Å². The van der Waals surface area contributed by atoms with Crippen molar-refractivity contribution in [1.82, 2.24) is 0 Å². The van der Waals surface area contributed by atoms with Crippen LogP contribution in [0.1, 0.15) is 103 Å². The normalized spacial score (nSPS) is 27.8. The second kappa shape index (κ2) is 9.28. The summed E-state index contributed by atoms with van der Waals surface area (Å²) in [5, 5.41) is 0. The van der Waals surface area contributed by atoms with Gasteiger partial charge in [0.25, 0.3) is 0 Å². The topological polar surface area (TPSA) is 36.9 Å². The van der Waals surface area contributed by atoms with Crippen molar-refractivity contribution in [3.63, 3.8) is 0 Å². The van der Waals surface area contributed by atoms with Gasteiger partial charge in [0.15, 0.2) is 0 Å². The van der Waals surface area contributed by atoms with Crippen LogP contribution in [0.3, 0.4) is 0 Å². The first-order valence-corrected chi connectivity index (χ1v) is 15.0. The molecule has 144 valence electrons. The molecule has 0 N–H and O–H groups in total. The van der Waals surface area contributed by atoms with Crippen molar-refractivity contribution in [3.8, 4) is 0 Å². The summed E-state index contributed by atoms with van der Waals surface area (Å²) in [6, 6.07) is 0. The summed E-state index contributed by atoms with van der Waals surface area (Å²) in [4.78, 5) is 0. The summed E-state index contributed by atoms with van der Waals surface area (Å²) in [6.07, 6.45) is 20.8. The Morgan fingerprint density at radius 2 is 0.560 bits per heavy atom. The van der Waals surface area contributed by atoms with Gasteiger partial charge in [0.05, 0.1) is 0 Å². The van der Waals surface area contributed by atoms with E-state index in [1.165, 1.54) is 51.4 Å². The standard InChI is InChI=1S/4C5H9O.Zr/c4*6-5-3-1-2-4-5;/h4*5H,1-4H2;/q4*-1;+4. The van der Waals surface area contributed by atoms with Crippen molar-refractivity contribution in [1.29, 1.82) is 0 Å². The molecule has 0 heterocycles. The second-order valence-electron chi connectivity index (χ2n) is 8.60. The molecular weight excluding hydrogens is 395 g/mol. The zero-order valence-electron chi connectivity index (χ0n) is 15.8. The molecule has 4 aliphatic rings. The van der Waals surface area contributed by atoms with E-state index < -0.39 is 22.0 Å². The van der Waals surface area contributed by atoms with Crippen LogP contribution in [0.2, 0.25) is 0 Å². The van der Waals surface area contributed by atoms with Gasteiger partial charge < -0.3 is 0 Å². The maximum absolute atomic E-state index is 6.73. The summed E-state index contributed by atoms with van der Waals surface area (Å²) >= 11 is -3.98. The predicted molar refractivity (Wildman–Crippen MR) is 93.4 cm³/mol. The Morgan fingerprint density at radius 3 is 0.760 bits per heavy atom. The molecule has 25 heavy (non-hydrogen) atoms. The monoisotopic (exact) mass is 430 g/mol. The maximum atomic E-state index is 6.73. The first kappa shape index (κ1) is 19.1. The summed E-state index contributed by atoms with van der Waals surface area (Å²) < 4.78 is 26.9. The third-order valence-electron chi connectivity index (χ3n) is 6.45. The first-order chi connectivity index (χ1) is 12.3. The third kappa shape index (κ3) is 5.38. The molecule has 0 atom stereocenters. The van der Waals surface area contributed by atoms with Crippen LogP contribution >= 0.6 is 0 Å². The second-order valence-corrected chi connectivity index (χ2v) is 13.4. The van der Waals surface area contributed by atoms with Gasteiger partial charge in [-0.1, -0.05) is 0 Å². The molecule has 4 aliphatic carbocycles. The predicted octanol–water partition coefficient (Wildman–Crippen LogP) is 5.64. The molecule has 4 rings (SSSR count). The fraction of sp³-hybridized carbons (Fsp3) is 1.00. The van der Waals surface area contributed by atoms with E-state index in [-0.39, 0.29) is 0 Å². The zero-order chi connectivity index (χ0) is 17.0. The van der Waals surface area contributed by atoms with Crippen LogP contribution in [0.25, 0.3) is 0 Å². The van der Waals surface area contributed by atoms with Crippen LogP contribution in [-0.4, -0.2) is 24.4 Å². The Morgan fingerprint density at radius 1 is 0.360 bits per heavy atom. The van der Waals surface area contributed by atoms with E-state index in [2.05, 4.69) is 0 Å². The molecule has 0 spiro atoms. The molecule has 0 aromatic rings. The molecule has 0 aromatic heterocycles. The Bertz CT molecular complexity index is 317. The van der Waals surface area contributed by atoms with Crippen LogP contribution in [-0.2, 0) is 33.3 Å². The van der Waals surface area contributed by atoms with E-state index in [0.29, 0.717) is 24.4 Å². The Balaban J connectivity index is 1.50. The molecule has 5 heteroatoms. The average Bonchev–Trinajstić information content (AvgIpc) is 3.37.